The molecule has 0 aliphatic rings. The van der Waals surface area contributed by atoms with Crippen molar-refractivity contribution in [2.24, 2.45) is 0 Å². The van der Waals surface area contributed by atoms with E-state index in [-0.39, 0.29) is 37.1 Å². The predicted molar refractivity (Wildman–Crippen MR) is 108 cm³/mol. The summed E-state index contributed by atoms with van der Waals surface area (Å²) in [6, 6.07) is 19.0. The first kappa shape index (κ1) is 21.7. The Morgan fingerprint density at radius 2 is 1.35 bits per heavy atom. The van der Waals surface area contributed by atoms with Crippen LogP contribution in [0.5, 0.6) is 0 Å². The average Bonchev–Trinajstić information content (AvgIpc) is 2.62. The minimum atomic E-state index is -0.101. The van der Waals surface area contributed by atoms with E-state index in [9.17, 15) is 9.59 Å². The Balaban J connectivity index is 0.00000338. The van der Waals surface area contributed by atoms with Crippen LogP contribution in [0.3, 0.4) is 0 Å². The van der Waals surface area contributed by atoms with Gasteiger partial charge >= 0.3 is 0 Å². The first-order valence-electron chi connectivity index (χ1n) is 8.42. The number of amides is 2. The van der Waals surface area contributed by atoms with Gasteiger partial charge in [-0.3, -0.25) is 14.5 Å². The fraction of sp³-hybridized carbons (Fsp3) is 0.300. The Labute approximate surface area is 161 Å². The number of carbonyl (C=O) groups is 2. The molecule has 0 aromatic heterocycles. The van der Waals surface area contributed by atoms with Crippen LogP contribution in [0, 0.1) is 0 Å². The smallest absolute Gasteiger partial charge is 0.232 e. The summed E-state index contributed by atoms with van der Waals surface area (Å²) in [5.74, 6) is -0.198. The van der Waals surface area contributed by atoms with Crippen LogP contribution in [-0.4, -0.2) is 43.9 Å². The zero-order chi connectivity index (χ0) is 18.1. The zero-order valence-corrected chi connectivity index (χ0v) is 16.0. The summed E-state index contributed by atoms with van der Waals surface area (Å²) in [7, 11) is 3.90. The summed E-state index contributed by atoms with van der Waals surface area (Å²) in [4.78, 5) is 28.4. The third kappa shape index (κ3) is 6.86. The van der Waals surface area contributed by atoms with Crippen LogP contribution in [0.15, 0.2) is 60.7 Å². The van der Waals surface area contributed by atoms with E-state index in [0.717, 1.165) is 17.9 Å². The number of likely N-dealkylation sites (N-methyl/N-ethyl adjacent to an activating group) is 1. The Hall–Kier alpha value is -2.37. The lowest BCUT2D eigenvalue weighted by Gasteiger charge is -2.23. The quantitative estimate of drug-likeness (QED) is 0.770. The summed E-state index contributed by atoms with van der Waals surface area (Å²) in [6.07, 6.45) is 0.347. The molecular weight excluding hydrogens is 350 g/mol. The van der Waals surface area contributed by atoms with Crippen molar-refractivity contribution >= 4 is 35.6 Å². The summed E-state index contributed by atoms with van der Waals surface area (Å²) < 4.78 is 0. The lowest BCUT2D eigenvalue weighted by Crippen LogP contribution is -2.32. The molecule has 0 radical (unpaired) electrons. The zero-order valence-electron chi connectivity index (χ0n) is 15.2. The molecule has 140 valence electrons. The number of para-hydroxylation sites is 2. The summed E-state index contributed by atoms with van der Waals surface area (Å²) in [6.45, 7) is 1.36. The van der Waals surface area contributed by atoms with Gasteiger partial charge in [-0.1, -0.05) is 36.4 Å². The fourth-order valence-electron chi connectivity index (χ4n) is 2.43. The van der Waals surface area contributed by atoms with Crippen LogP contribution in [0.4, 0.5) is 11.4 Å². The van der Waals surface area contributed by atoms with E-state index in [1.807, 2.05) is 79.7 Å². The number of anilines is 2. The van der Waals surface area contributed by atoms with E-state index in [4.69, 9.17) is 0 Å². The molecule has 0 heterocycles. The van der Waals surface area contributed by atoms with Crippen LogP contribution in [-0.2, 0) is 9.59 Å². The molecular formula is C20H26ClN3O2. The topological polar surface area (TPSA) is 52.7 Å². The van der Waals surface area contributed by atoms with Crippen molar-refractivity contribution in [2.75, 3.05) is 32.1 Å². The Morgan fingerprint density at radius 1 is 0.846 bits per heavy atom. The first-order chi connectivity index (χ1) is 12.1. The van der Waals surface area contributed by atoms with Crippen molar-refractivity contribution < 1.29 is 9.59 Å². The van der Waals surface area contributed by atoms with Crippen LogP contribution in [0.25, 0.3) is 0 Å². The number of hydrogen-bond acceptors (Lipinski definition) is 3. The number of nitrogens with zero attached hydrogens (tertiary/aromatic N) is 2. The largest absolute Gasteiger partial charge is 0.355 e. The van der Waals surface area contributed by atoms with Crippen LogP contribution in [0.2, 0.25) is 0 Å². The van der Waals surface area contributed by atoms with E-state index in [1.54, 1.807) is 4.90 Å². The molecule has 0 bridgehead atoms. The van der Waals surface area contributed by atoms with E-state index in [0.29, 0.717) is 6.54 Å². The third-order valence-corrected chi connectivity index (χ3v) is 3.73. The van der Waals surface area contributed by atoms with Gasteiger partial charge in [-0.25, -0.2) is 0 Å². The number of benzene rings is 2. The number of carbonyl (C=O) groups excluding carboxylic acids is 2. The molecule has 6 heteroatoms. The van der Waals surface area contributed by atoms with Gasteiger partial charge in [-0.15, -0.1) is 12.4 Å². The van der Waals surface area contributed by atoms with E-state index >= 15 is 0 Å². The fourth-order valence-corrected chi connectivity index (χ4v) is 2.43. The Bertz CT molecular complexity index is 638. The molecule has 0 atom stereocenters. The van der Waals surface area contributed by atoms with Gasteiger partial charge in [-0.2, -0.15) is 0 Å². The van der Waals surface area contributed by atoms with Crippen molar-refractivity contribution in [1.29, 1.82) is 0 Å². The van der Waals surface area contributed by atoms with Crippen molar-refractivity contribution in [1.82, 2.24) is 10.2 Å². The molecule has 5 nitrogen and oxygen atoms in total. The van der Waals surface area contributed by atoms with E-state index < -0.39 is 0 Å². The highest BCUT2D eigenvalue weighted by molar-refractivity contribution is 6.01. The van der Waals surface area contributed by atoms with Crippen molar-refractivity contribution in [3.8, 4) is 0 Å². The molecule has 0 aliphatic heterocycles. The molecule has 1 N–H and O–H groups in total. The standard InChI is InChI=1S/C20H25N3O2.ClH/c1-22(2)16-15-21-19(24)13-14-20(25)23(17-9-5-3-6-10-17)18-11-7-4-8-12-18;/h3-12H,13-16H2,1-2H3,(H,21,24);1H. The molecule has 0 saturated heterocycles. The molecule has 0 fully saturated rings. The first-order valence-corrected chi connectivity index (χ1v) is 8.42. The highest BCUT2D eigenvalue weighted by atomic mass is 35.5. The minimum Gasteiger partial charge on any atom is -0.355 e. The maximum Gasteiger partial charge on any atom is 0.232 e. The van der Waals surface area contributed by atoms with Crippen LogP contribution in [0.1, 0.15) is 12.8 Å². The molecule has 0 unspecified atom stereocenters. The monoisotopic (exact) mass is 375 g/mol. The Kier molecular flexibility index (Phi) is 9.41. The molecule has 0 spiro atoms. The van der Waals surface area contributed by atoms with Gasteiger partial charge in [-0.05, 0) is 38.4 Å². The average molecular weight is 376 g/mol. The highest BCUT2D eigenvalue weighted by Gasteiger charge is 2.18. The lowest BCUT2D eigenvalue weighted by atomic mass is 10.2. The molecule has 0 saturated carbocycles. The SMILES string of the molecule is CN(C)CCNC(=O)CCC(=O)N(c1ccccc1)c1ccccc1.Cl. The second kappa shape index (κ2) is 11.3. The molecule has 0 aliphatic carbocycles. The van der Waals surface area contributed by atoms with Gasteiger partial charge in [0.05, 0.1) is 0 Å². The Morgan fingerprint density at radius 3 is 1.81 bits per heavy atom. The summed E-state index contributed by atoms with van der Waals surface area (Å²) >= 11 is 0. The number of halogens is 1. The van der Waals surface area contributed by atoms with E-state index in [1.165, 1.54) is 0 Å². The van der Waals surface area contributed by atoms with Gasteiger partial charge in [0.25, 0.3) is 0 Å². The predicted octanol–water partition coefficient (Wildman–Crippen LogP) is 3.23. The van der Waals surface area contributed by atoms with Crippen molar-refractivity contribution in [2.45, 2.75) is 12.8 Å². The summed E-state index contributed by atoms with van der Waals surface area (Å²) in [5, 5.41) is 2.84. The van der Waals surface area contributed by atoms with Crippen molar-refractivity contribution in [3.05, 3.63) is 60.7 Å². The maximum absolute atomic E-state index is 12.8. The van der Waals surface area contributed by atoms with Gasteiger partial charge in [0.2, 0.25) is 11.8 Å². The van der Waals surface area contributed by atoms with Crippen molar-refractivity contribution in [3.63, 3.8) is 0 Å². The molecule has 26 heavy (non-hydrogen) atoms. The third-order valence-electron chi connectivity index (χ3n) is 3.73. The van der Waals surface area contributed by atoms with Gasteiger partial charge in [0.15, 0.2) is 0 Å². The minimum absolute atomic E-state index is 0. The number of nitrogens with one attached hydrogen (secondary N) is 1. The second-order valence-electron chi connectivity index (χ2n) is 6.05. The molecule has 2 rings (SSSR count). The van der Waals surface area contributed by atoms with Gasteiger partial charge in [0, 0.05) is 37.3 Å². The maximum atomic E-state index is 12.8. The van der Waals surface area contributed by atoms with Gasteiger partial charge in [0.1, 0.15) is 0 Å². The van der Waals surface area contributed by atoms with Gasteiger partial charge < -0.3 is 10.2 Å². The van der Waals surface area contributed by atoms with Crippen LogP contribution < -0.4 is 10.2 Å². The number of hydrogen-bond donors (Lipinski definition) is 1. The normalized spacial score (nSPS) is 10.1. The molecule has 2 aromatic rings. The molecule has 2 aromatic carbocycles. The molecule has 2 amide bonds. The van der Waals surface area contributed by atoms with Crippen LogP contribution >= 0.6 is 12.4 Å². The number of rotatable bonds is 8. The van der Waals surface area contributed by atoms with E-state index in [2.05, 4.69) is 5.32 Å². The lowest BCUT2D eigenvalue weighted by molar-refractivity contribution is -0.125. The summed E-state index contributed by atoms with van der Waals surface area (Å²) in [5.41, 5.74) is 1.60. The highest BCUT2D eigenvalue weighted by Crippen LogP contribution is 2.26. The second-order valence-corrected chi connectivity index (χ2v) is 6.05.